The van der Waals surface area contributed by atoms with Gasteiger partial charge in [-0.1, -0.05) is 41.5 Å². The van der Waals surface area contributed by atoms with Crippen LogP contribution in [0.5, 0.6) is 0 Å². The maximum Gasteiger partial charge on any atom is 0.191 e. The third-order valence-corrected chi connectivity index (χ3v) is 8.88. The Morgan fingerprint density at radius 2 is 1.67 bits per heavy atom. The average Bonchev–Trinajstić information content (AvgIpc) is 2.23. The molecule has 0 rings (SSSR count). The molecule has 3 atom stereocenters. The molecule has 3 heteroatoms. The zero-order valence-electron chi connectivity index (χ0n) is 13.7. The van der Waals surface area contributed by atoms with Crippen LogP contribution in [0.15, 0.2) is 0 Å². The molecule has 0 saturated carbocycles. The molecule has 0 aromatic carbocycles. The van der Waals surface area contributed by atoms with Crippen molar-refractivity contribution < 1.29 is 9.53 Å². The summed E-state index contributed by atoms with van der Waals surface area (Å²) in [6.07, 6.45) is 1.72. The Labute approximate surface area is 115 Å². The molecule has 0 heterocycles. The van der Waals surface area contributed by atoms with Crippen molar-refractivity contribution in [1.29, 1.82) is 0 Å². The minimum atomic E-state index is -1.62. The molecular formula is C15H34O2Si. The van der Waals surface area contributed by atoms with Crippen LogP contribution in [0.4, 0.5) is 0 Å². The highest BCUT2D eigenvalue weighted by Gasteiger charge is 2.37. The quantitative estimate of drug-likeness (QED) is 0.695. The molecule has 0 amide bonds. The summed E-state index contributed by atoms with van der Waals surface area (Å²) in [5, 5.41) is 10.1. The highest BCUT2D eigenvalue weighted by atomic mass is 28.4. The fraction of sp³-hybridized carbons (Fsp3) is 1.00. The van der Waals surface area contributed by atoms with E-state index in [-0.39, 0.29) is 11.1 Å². The van der Waals surface area contributed by atoms with E-state index in [1.807, 2.05) is 6.92 Å². The van der Waals surface area contributed by atoms with Crippen molar-refractivity contribution in [1.82, 2.24) is 0 Å². The fourth-order valence-corrected chi connectivity index (χ4v) is 2.96. The summed E-state index contributed by atoms with van der Waals surface area (Å²) in [6, 6.07) is 0. The second-order valence-electron chi connectivity index (χ2n) is 7.37. The van der Waals surface area contributed by atoms with Crippen LogP contribution >= 0.6 is 0 Å². The molecule has 0 bridgehead atoms. The van der Waals surface area contributed by atoms with Gasteiger partial charge in [-0.3, -0.25) is 0 Å². The van der Waals surface area contributed by atoms with Crippen molar-refractivity contribution in [3.8, 4) is 0 Å². The molecule has 0 spiro atoms. The van der Waals surface area contributed by atoms with Gasteiger partial charge in [-0.15, -0.1) is 0 Å². The van der Waals surface area contributed by atoms with E-state index < -0.39 is 8.32 Å². The van der Waals surface area contributed by atoms with Gasteiger partial charge in [0.1, 0.15) is 0 Å². The Morgan fingerprint density at radius 3 is 2.06 bits per heavy atom. The van der Waals surface area contributed by atoms with E-state index in [0.717, 1.165) is 19.4 Å². The van der Waals surface area contributed by atoms with Crippen LogP contribution in [0.1, 0.15) is 54.4 Å². The molecule has 0 fully saturated rings. The zero-order valence-corrected chi connectivity index (χ0v) is 14.7. The second kappa shape index (κ2) is 7.06. The summed E-state index contributed by atoms with van der Waals surface area (Å²) in [5.41, 5.74) is 0. The van der Waals surface area contributed by atoms with Gasteiger partial charge in [-0.25, -0.2) is 0 Å². The molecule has 0 aliphatic rings. The third kappa shape index (κ3) is 5.85. The Morgan fingerprint density at radius 1 is 1.17 bits per heavy atom. The van der Waals surface area contributed by atoms with Gasteiger partial charge in [0.25, 0.3) is 0 Å². The number of hydrogen-bond donors (Lipinski definition) is 1. The summed E-state index contributed by atoms with van der Waals surface area (Å²) >= 11 is 0. The summed E-state index contributed by atoms with van der Waals surface area (Å²) in [6.45, 7) is 18.6. The van der Waals surface area contributed by atoms with E-state index in [1.165, 1.54) is 0 Å². The van der Waals surface area contributed by atoms with Crippen LogP contribution < -0.4 is 0 Å². The third-order valence-electron chi connectivity index (χ3n) is 4.38. The van der Waals surface area contributed by atoms with Crippen molar-refractivity contribution in [2.24, 2.45) is 11.8 Å². The normalized spacial score (nSPS) is 18.5. The van der Waals surface area contributed by atoms with Crippen LogP contribution in [-0.4, -0.2) is 26.1 Å². The van der Waals surface area contributed by atoms with Crippen LogP contribution in [0.25, 0.3) is 0 Å². The van der Waals surface area contributed by atoms with Gasteiger partial charge < -0.3 is 9.53 Å². The average molecular weight is 275 g/mol. The number of aliphatic hydroxyl groups excluding tert-OH is 1. The molecule has 18 heavy (non-hydrogen) atoms. The Balaban J connectivity index is 4.15. The number of rotatable bonds is 7. The van der Waals surface area contributed by atoms with Gasteiger partial charge >= 0.3 is 0 Å². The summed E-state index contributed by atoms with van der Waals surface area (Å²) in [7, 11) is -1.62. The molecule has 0 aliphatic heterocycles. The van der Waals surface area contributed by atoms with Crippen LogP contribution in [0.3, 0.4) is 0 Å². The largest absolute Gasteiger partial charge is 0.417 e. The Bertz CT molecular complexity index is 233. The van der Waals surface area contributed by atoms with Gasteiger partial charge in [-0.05, 0) is 42.8 Å². The Kier molecular flexibility index (Phi) is 7.12. The van der Waals surface area contributed by atoms with Crippen molar-refractivity contribution >= 4 is 8.32 Å². The molecule has 1 unspecified atom stereocenters. The molecular weight excluding hydrogens is 240 g/mol. The van der Waals surface area contributed by atoms with Crippen LogP contribution in [-0.2, 0) is 4.43 Å². The summed E-state index contributed by atoms with van der Waals surface area (Å²) < 4.78 is 6.23. The van der Waals surface area contributed by atoms with Crippen molar-refractivity contribution in [2.45, 2.75) is 78.6 Å². The molecule has 0 saturated heterocycles. The first-order valence-electron chi connectivity index (χ1n) is 7.33. The van der Waals surface area contributed by atoms with E-state index in [9.17, 15) is 5.11 Å². The van der Waals surface area contributed by atoms with Crippen molar-refractivity contribution in [3.05, 3.63) is 0 Å². The molecule has 0 radical (unpaired) electrons. The van der Waals surface area contributed by atoms with E-state index in [4.69, 9.17) is 4.43 Å². The highest BCUT2D eigenvalue weighted by molar-refractivity contribution is 6.74. The topological polar surface area (TPSA) is 29.5 Å². The first-order valence-corrected chi connectivity index (χ1v) is 10.2. The fourth-order valence-electron chi connectivity index (χ4n) is 1.83. The SMILES string of the molecule is CCC(O)[C@@H](C)C[C@@H](C)CO[Si](C)(C)C(C)(C)C. The van der Waals surface area contributed by atoms with Gasteiger partial charge in [0.15, 0.2) is 8.32 Å². The van der Waals surface area contributed by atoms with E-state index in [1.54, 1.807) is 0 Å². The zero-order chi connectivity index (χ0) is 14.6. The van der Waals surface area contributed by atoms with Gasteiger partial charge in [0.05, 0.1) is 6.10 Å². The predicted octanol–water partition coefficient (Wildman–Crippen LogP) is 4.44. The lowest BCUT2D eigenvalue weighted by Gasteiger charge is -2.37. The van der Waals surface area contributed by atoms with Gasteiger partial charge in [0, 0.05) is 6.61 Å². The summed E-state index contributed by atoms with van der Waals surface area (Å²) in [5.74, 6) is 0.892. The number of hydrogen-bond acceptors (Lipinski definition) is 2. The molecule has 110 valence electrons. The predicted molar refractivity (Wildman–Crippen MR) is 82.4 cm³/mol. The van der Waals surface area contributed by atoms with E-state index in [2.05, 4.69) is 47.7 Å². The highest BCUT2D eigenvalue weighted by Crippen LogP contribution is 2.37. The van der Waals surface area contributed by atoms with Crippen LogP contribution in [0.2, 0.25) is 18.1 Å². The standard InChI is InChI=1S/C15H34O2Si/c1-9-14(16)13(3)10-12(2)11-17-18(7,8)15(4,5)6/h12-14,16H,9-11H2,1-8H3/t12-,13+,14?/m1/s1. The minimum Gasteiger partial charge on any atom is -0.417 e. The molecule has 1 N–H and O–H groups in total. The maximum absolute atomic E-state index is 9.80. The lowest BCUT2D eigenvalue weighted by atomic mass is 9.92. The van der Waals surface area contributed by atoms with E-state index >= 15 is 0 Å². The van der Waals surface area contributed by atoms with Crippen molar-refractivity contribution in [3.63, 3.8) is 0 Å². The maximum atomic E-state index is 9.80. The van der Waals surface area contributed by atoms with Crippen molar-refractivity contribution in [2.75, 3.05) is 6.61 Å². The minimum absolute atomic E-state index is 0.166. The lowest BCUT2D eigenvalue weighted by molar-refractivity contribution is 0.0915. The first kappa shape index (κ1) is 18.1. The molecule has 2 nitrogen and oxygen atoms in total. The lowest BCUT2D eigenvalue weighted by Crippen LogP contribution is -2.42. The number of aliphatic hydroxyl groups is 1. The molecule has 0 aromatic heterocycles. The first-order chi connectivity index (χ1) is 8.01. The molecule has 0 aromatic rings. The Hall–Kier alpha value is 0.137. The summed E-state index contributed by atoms with van der Waals surface area (Å²) in [4.78, 5) is 0. The second-order valence-corrected chi connectivity index (χ2v) is 12.2. The molecule has 0 aliphatic carbocycles. The monoisotopic (exact) mass is 274 g/mol. The smallest absolute Gasteiger partial charge is 0.191 e. The van der Waals surface area contributed by atoms with Gasteiger partial charge in [0.2, 0.25) is 0 Å². The van der Waals surface area contributed by atoms with E-state index in [0.29, 0.717) is 11.8 Å². The van der Waals surface area contributed by atoms with Crippen LogP contribution in [0, 0.1) is 11.8 Å². The van der Waals surface area contributed by atoms with Gasteiger partial charge in [-0.2, -0.15) is 0 Å².